The average Bonchev–Trinajstić information content (AvgIpc) is 2.78. The van der Waals surface area contributed by atoms with Crippen LogP contribution in [0.25, 0.3) is 5.82 Å². The maximum atomic E-state index is 4.58. The smallest absolute Gasteiger partial charge is 0.162 e. The Morgan fingerprint density at radius 2 is 2.17 bits per heavy atom. The van der Waals surface area contributed by atoms with Crippen molar-refractivity contribution in [3.8, 4) is 5.82 Å². The van der Waals surface area contributed by atoms with E-state index in [4.69, 9.17) is 0 Å². The molecule has 0 saturated heterocycles. The van der Waals surface area contributed by atoms with Crippen molar-refractivity contribution >= 4 is 21.7 Å². The molecule has 0 aromatic carbocycles. The molecule has 0 aliphatic heterocycles. The molecule has 0 spiro atoms. The van der Waals surface area contributed by atoms with Gasteiger partial charge >= 0.3 is 0 Å². The highest BCUT2D eigenvalue weighted by Gasteiger charge is 2.12. The van der Waals surface area contributed by atoms with Gasteiger partial charge in [0, 0.05) is 25.2 Å². The summed E-state index contributed by atoms with van der Waals surface area (Å²) in [4.78, 5) is 9.08. The Morgan fingerprint density at radius 3 is 2.72 bits per heavy atom. The molecular formula is C12H16BrN5. The average molecular weight is 310 g/mol. The van der Waals surface area contributed by atoms with Crippen molar-refractivity contribution in [3.63, 3.8) is 0 Å². The summed E-state index contributed by atoms with van der Waals surface area (Å²) in [6, 6.07) is 0. The summed E-state index contributed by atoms with van der Waals surface area (Å²) in [5.74, 6) is 2.52. The number of anilines is 1. The van der Waals surface area contributed by atoms with Gasteiger partial charge in [0.2, 0.25) is 0 Å². The van der Waals surface area contributed by atoms with E-state index in [0.29, 0.717) is 0 Å². The third-order valence-electron chi connectivity index (χ3n) is 2.64. The van der Waals surface area contributed by atoms with Crippen molar-refractivity contribution in [2.45, 2.75) is 26.7 Å². The first-order chi connectivity index (χ1) is 8.65. The van der Waals surface area contributed by atoms with Crippen LogP contribution in [0, 0.1) is 6.92 Å². The van der Waals surface area contributed by atoms with Crippen LogP contribution < -0.4 is 5.32 Å². The zero-order valence-electron chi connectivity index (χ0n) is 10.7. The standard InChI is InChI=1S/C12H16BrN5/c1-4-5-10-16-11(14-3)8(2)12(17-10)18-7-9(13)6-15-18/h6-7H,4-5H2,1-3H3,(H,14,16,17). The minimum atomic E-state index is 0.823. The summed E-state index contributed by atoms with van der Waals surface area (Å²) in [7, 11) is 1.87. The van der Waals surface area contributed by atoms with E-state index in [9.17, 15) is 0 Å². The Bertz CT molecular complexity index is 549. The van der Waals surface area contributed by atoms with Gasteiger partial charge in [-0.25, -0.2) is 14.6 Å². The van der Waals surface area contributed by atoms with Crippen LogP contribution in [0.15, 0.2) is 16.9 Å². The Kier molecular flexibility index (Phi) is 3.96. The maximum Gasteiger partial charge on any atom is 0.162 e. The minimum absolute atomic E-state index is 0.823. The van der Waals surface area contributed by atoms with E-state index >= 15 is 0 Å². The summed E-state index contributed by atoms with van der Waals surface area (Å²) < 4.78 is 2.70. The lowest BCUT2D eigenvalue weighted by Crippen LogP contribution is -2.09. The molecule has 2 aromatic heterocycles. The molecule has 0 fully saturated rings. The first-order valence-corrected chi connectivity index (χ1v) is 6.70. The SMILES string of the molecule is CCCc1nc(NC)c(C)c(-n2cc(Br)cn2)n1. The fourth-order valence-electron chi connectivity index (χ4n) is 1.77. The second kappa shape index (κ2) is 5.48. The highest BCUT2D eigenvalue weighted by atomic mass is 79.9. The van der Waals surface area contributed by atoms with Crippen molar-refractivity contribution in [2.75, 3.05) is 12.4 Å². The largest absolute Gasteiger partial charge is 0.373 e. The maximum absolute atomic E-state index is 4.58. The van der Waals surface area contributed by atoms with E-state index in [1.54, 1.807) is 10.9 Å². The highest BCUT2D eigenvalue weighted by Crippen LogP contribution is 2.20. The molecule has 6 heteroatoms. The van der Waals surface area contributed by atoms with Crippen LogP contribution in [0.1, 0.15) is 24.7 Å². The van der Waals surface area contributed by atoms with Gasteiger partial charge in [0.1, 0.15) is 11.6 Å². The summed E-state index contributed by atoms with van der Waals surface area (Å²) in [6.45, 7) is 4.11. The number of nitrogens with one attached hydrogen (secondary N) is 1. The topological polar surface area (TPSA) is 55.6 Å². The predicted octanol–water partition coefficient (Wildman–Crippen LogP) is 2.73. The van der Waals surface area contributed by atoms with Gasteiger partial charge in [-0.2, -0.15) is 5.10 Å². The van der Waals surface area contributed by atoms with E-state index in [1.807, 2.05) is 20.2 Å². The first kappa shape index (κ1) is 13.0. The van der Waals surface area contributed by atoms with Crippen LogP contribution in [-0.2, 0) is 6.42 Å². The Labute approximate surface area is 115 Å². The summed E-state index contributed by atoms with van der Waals surface area (Å²) in [5, 5.41) is 7.38. The van der Waals surface area contributed by atoms with Crippen molar-refractivity contribution in [2.24, 2.45) is 0 Å². The Hall–Kier alpha value is -1.43. The lowest BCUT2D eigenvalue weighted by Gasteiger charge is -2.11. The van der Waals surface area contributed by atoms with E-state index < -0.39 is 0 Å². The van der Waals surface area contributed by atoms with Crippen LogP contribution in [0.4, 0.5) is 5.82 Å². The molecular weight excluding hydrogens is 294 g/mol. The molecule has 2 aromatic rings. The molecule has 1 N–H and O–H groups in total. The molecule has 2 rings (SSSR count). The third kappa shape index (κ3) is 2.53. The number of aromatic nitrogens is 4. The number of hydrogen-bond acceptors (Lipinski definition) is 4. The van der Waals surface area contributed by atoms with E-state index in [2.05, 4.69) is 43.2 Å². The molecule has 18 heavy (non-hydrogen) atoms. The molecule has 0 unspecified atom stereocenters. The minimum Gasteiger partial charge on any atom is -0.373 e. The fraction of sp³-hybridized carbons (Fsp3) is 0.417. The van der Waals surface area contributed by atoms with Crippen LogP contribution in [0.2, 0.25) is 0 Å². The molecule has 0 saturated carbocycles. The number of nitrogens with zero attached hydrogens (tertiary/aromatic N) is 4. The van der Waals surface area contributed by atoms with Crippen LogP contribution in [0.5, 0.6) is 0 Å². The van der Waals surface area contributed by atoms with E-state index in [0.717, 1.165) is 40.3 Å². The van der Waals surface area contributed by atoms with E-state index in [1.165, 1.54) is 0 Å². The molecule has 0 aliphatic rings. The zero-order valence-corrected chi connectivity index (χ0v) is 12.3. The predicted molar refractivity (Wildman–Crippen MR) is 75.1 cm³/mol. The molecule has 0 radical (unpaired) electrons. The van der Waals surface area contributed by atoms with Crippen molar-refractivity contribution < 1.29 is 0 Å². The van der Waals surface area contributed by atoms with Crippen molar-refractivity contribution in [1.29, 1.82) is 0 Å². The van der Waals surface area contributed by atoms with Crippen LogP contribution >= 0.6 is 15.9 Å². The zero-order chi connectivity index (χ0) is 13.1. The number of hydrogen-bond donors (Lipinski definition) is 1. The van der Waals surface area contributed by atoms with Gasteiger partial charge in [-0.15, -0.1) is 0 Å². The normalized spacial score (nSPS) is 10.7. The number of halogens is 1. The van der Waals surface area contributed by atoms with Gasteiger partial charge in [0.25, 0.3) is 0 Å². The van der Waals surface area contributed by atoms with Gasteiger partial charge in [-0.1, -0.05) is 6.92 Å². The quantitative estimate of drug-likeness (QED) is 0.943. The monoisotopic (exact) mass is 309 g/mol. The summed E-state index contributed by atoms with van der Waals surface area (Å²) >= 11 is 3.40. The van der Waals surface area contributed by atoms with Crippen molar-refractivity contribution in [1.82, 2.24) is 19.7 Å². The van der Waals surface area contributed by atoms with Gasteiger partial charge in [-0.05, 0) is 29.3 Å². The number of rotatable bonds is 4. The molecule has 2 heterocycles. The molecule has 0 bridgehead atoms. The molecule has 0 atom stereocenters. The van der Waals surface area contributed by atoms with E-state index in [-0.39, 0.29) is 0 Å². The summed E-state index contributed by atoms with van der Waals surface area (Å²) in [6.07, 6.45) is 5.53. The van der Waals surface area contributed by atoms with Gasteiger partial charge < -0.3 is 5.32 Å². The lowest BCUT2D eigenvalue weighted by atomic mass is 10.2. The second-order valence-electron chi connectivity index (χ2n) is 4.04. The first-order valence-electron chi connectivity index (χ1n) is 5.91. The summed E-state index contributed by atoms with van der Waals surface area (Å²) in [5.41, 5.74) is 0.993. The van der Waals surface area contributed by atoms with Crippen molar-refractivity contribution in [3.05, 3.63) is 28.3 Å². The van der Waals surface area contributed by atoms with Crippen LogP contribution in [-0.4, -0.2) is 26.8 Å². The second-order valence-corrected chi connectivity index (χ2v) is 4.96. The van der Waals surface area contributed by atoms with Gasteiger partial charge in [0.05, 0.1) is 10.7 Å². The molecule has 0 amide bonds. The van der Waals surface area contributed by atoms with Crippen LogP contribution in [0.3, 0.4) is 0 Å². The molecule has 0 aliphatic carbocycles. The highest BCUT2D eigenvalue weighted by molar-refractivity contribution is 9.10. The third-order valence-corrected chi connectivity index (χ3v) is 3.05. The number of aryl methyl sites for hydroxylation is 1. The lowest BCUT2D eigenvalue weighted by molar-refractivity contribution is 0.778. The van der Waals surface area contributed by atoms with Gasteiger partial charge in [-0.3, -0.25) is 0 Å². The fourth-order valence-corrected chi connectivity index (χ4v) is 2.05. The Balaban J connectivity index is 2.54. The Morgan fingerprint density at radius 1 is 1.39 bits per heavy atom. The van der Waals surface area contributed by atoms with Gasteiger partial charge in [0.15, 0.2) is 5.82 Å². The molecule has 96 valence electrons. The molecule has 5 nitrogen and oxygen atoms in total.